The first-order valence-corrected chi connectivity index (χ1v) is 5.57. The minimum Gasteiger partial charge on any atom is -0.442 e. The Hall–Kier alpha value is -0.780. The minimum atomic E-state index is -0.600. The molecule has 15 heavy (non-hydrogen) atoms. The Labute approximate surface area is 97.5 Å². The molecule has 1 heterocycles. The van der Waals surface area contributed by atoms with E-state index in [1.54, 1.807) is 32.2 Å². The third kappa shape index (κ3) is 3.70. The zero-order valence-corrected chi connectivity index (χ0v) is 10.4. The Bertz CT molecular complexity index is 359. The van der Waals surface area contributed by atoms with Gasteiger partial charge in [0.25, 0.3) is 0 Å². The summed E-state index contributed by atoms with van der Waals surface area (Å²) in [6, 6.07) is 1.61. The van der Waals surface area contributed by atoms with Crippen LogP contribution in [-0.4, -0.2) is 11.7 Å². The summed E-state index contributed by atoms with van der Waals surface area (Å²) < 4.78 is 5.66. The summed E-state index contributed by atoms with van der Waals surface area (Å²) in [6.45, 7) is 5.33. The lowest BCUT2D eigenvalue weighted by atomic mass is 10.2. The van der Waals surface area contributed by atoms with Gasteiger partial charge in [0.05, 0.1) is 10.0 Å². The number of hydrazine groups is 1. The van der Waals surface area contributed by atoms with Crippen LogP contribution in [0.4, 0.5) is 10.5 Å². The van der Waals surface area contributed by atoms with Gasteiger partial charge < -0.3 is 4.74 Å². The van der Waals surface area contributed by atoms with Gasteiger partial charge in [0.1, 0.15) is 5.60 Å². The summed E-state index contributed by atoms with van der Waals surface area (Å²) in [7, 11) is 0. The molecule has 1 aromatic rings. The molecular weight excluding hydrogens is 236 g/mol. The maximum atomic E-state index is 11.5. The number of halogens is 1. The summed E-state index contributed by atoms with van der Waals surface area (Å²) in [4.78, 5) is 11.5. The molecular formula is C9H13ClN2O2S. The maximum absolute atomic E-state index is 11.5. The van der Waals surface area contributed by atoms with Crippen LogP contribution < -0.4 is 10.9 Å². The zero-order chi connectivity index (χ0) is 11.6. The van der Waals surface area contributed by atoms with Crippen molar-refractivity contribution in [2.45, 2.75) is 26.4 Å². The van der Waals surface area contributed by atoms with Crippen LogP contribution in [0.2, 0.25) is 4.34 Å². The smallest absolute Gasteiger partial charge is 0.429 e. The van der Waals surface area contributed by atoms with Crippen LogP contribution in [-0.2, 0) is 4.74 Å². The molecule has 0 aliphatic rings. The Kier molecular flexibility index (Phi) is 3.59. The van der Waals surface area contributed by atoms with Crippen LogP contribution in [0, 0.1) is 0 Å². The molecule has 0 aromatic carbocycles. The fraction of sp³-hybridized carbons (Fsp3) is 0.444. The molecule has 4 nitrogen and oxygen atoms in total. The lowest BCUT2D eigenvalue weighted by molar-refractivity contribution is 0.0580. The fourth-order valence-electron chi connectivity index (χ4n) is 0.844. The molecule has 0 fully saturated rings. The molecule has 0 saturated heterocycles. The van der Waals surface area contributed by atoms with Crippen molar-refractivity contribution in [1.82, 2.24) is 0 Å². The van der Waals surface area contributed by atoms with Crippen LogP contribution >= 0.6 is 22.9 Å². The summed E-state index contributed by atoms with van der Waals surface area (Å²) in [5.41, 5.74) is -0.0339. The summed E-state index contributed by atoms with van der Waals surface area (Å²) in [5, 5.41) is 2.62. The van der Waals surface area contributed by atoms with Gasteiger partial charge in [-0.3, -0.25) is 0 Å². The number of rotatable bonds is 1. The van der Waals surface area contributed by atoms with Crippen molar-refractivity contribution in [3.63, 3.8) is 0 Å². The Morgan fingerprint density at radius 1 is 1.60 bits per heavy atom. The number of ether oxygens (including phenoxy) is 1. The molecule has 0 spiro atoms. The average Bonchev–Trinajstić information content (AvgIpc) is 2.47. The highest BCUT2D eigenvalue weighted by molar-refractivity contribution is 7.14. The van der Waals surface area contributed by atoms with Crippen molar-refractivity contribution in [3.8, 4) is 0 Å². The van der Waals surface area contributed by atoms with E-state index in [1.807, 2.05) is 0 Å². The lowest BCUT2D eigenvalue weighted by Crippen LogP contribution is -2.41. The molecule has 0 unspecified atom stereocenters. The lowest BCUT2D eigenvalue weighted by Gasteiger charge is -2.23. The van der Waals surface area contributed by atoms with Gasteiger partial charge in [-0.25, -0.2) is 15.6 Å². The van der Waals surface area contributed by atoms with E-state index in [1.165, 1.54) is 11.3 Å². The van der Waals surface area contributed by atoms with E-state index in [0.29, 0.717) is 10.0 Å². The first-order valence-electron chi connectivity index (χ1n) is 4.31. The number of amides is 1. The molecule has 0 saturated carbocycles. The van der Waals surface area contributed by atoms with E-state index in [9.17, 15) is 4.79 Å². The van der Waals surface area contributed by atoms with Crippen LogP contribution in [0.5, 0.6) is 0 Å². The van der Waals surface area contributed by atoms with E-state index >= 15 is 0 Å². The van der Waals surface area contributed by atoms with Crippen molar-refractivity contribution in [1.29, 1.82) is 0 Å². The third-order valence-electron chi connectivity index (χ3n) is 1.42. The molecule has 1 rings (SSSR count). The summed E-state index contributed by atoms with van der Waals surface area (Å²) in [6.07, 6.45) is -0.600. The predicted octanol–water partition coefficient (Wildman–Crippen LogP) is 3.02. The first kappa shape index (κ1) is 12.3. The van der Waals surface area contributed by atoms with Gasteiger partial charge in [0, 0.05) is 5.38 Å². The Balaban J connectivity index is 2.69. The van der Waals surface area contributed by atoms with Crippen LogP contribution in [0.3, 0.4) is 0 Å². The highest BCUT2D eigenvalue weighted by Gasteiger charge is 2.21. The van der Waals surface area contributed by atoms with Gasteiger partial charge in [0.2, 0.25) is 0 Å². The number of carbonyl (C=O) groups is 1. The topological polar surface area (TPSA) is 55.6 Å². The number of nitrogens with zero attached hydrogens (tertiary/aromatic N) is 1. The molecule has 84 valence electrons. The largest absolute Gasteiger partial charge is 0.442 e. The van der Waals surface area contributed by atoms with Crippen LogP contribution in [0.25, 0.3) is 0 Å². The third-order valence-corrected chi connectivity index (χ3v) is 2.50. The van der Waals surface area contributed by atoms with Gasteiger partial charge in [-0.05, 0) is 26.8 Å². The van der Waals surface area contributed by atoms with E-state index < -0.39 is 11.7 Å². The van der Waals surface area contributed by atoms with Crippen molar-refractivity contribution >= 4 is 34.7 Å². The molecule has 1 amide bonds. The second kappa shape index (κ2) is 4.38. The molecule has 0 aliphatic carbocycles. The highest BCUT2D eigenvalue weighted by atomic mass is 35.5. The molecule has 6 heteroatoms. The molecule has 0 bridgehead atoms. The van der Waals surface area contributed by atoms with Crippen LogP contribution in [0.15, 0.2) is 11.4 Å². The Morgan fingerprint density at radius 3 is 2.60 bits per heavy atom. The molecule has 2 N–H and O–H groups in total. The van der Waals surface area contributed by atoms with Gasteiger partial charge >= 0.3 is 6.09 Å². The number of thiophene rings is 1. The molecule has 1 aromatic heterocycles. The second-order valence-electron chi connectivity index (χ2n) is 3.96. The number of carbonyl (C=O) groups excluding carboxylic acids is 1. The molecule has 0 aliphatic heterocycles. The molecule has 0 atom stereocenters. The normalized spacial score (nSPS) is 11.3. The van der Waals surface area contributed by atoms with Crippen molar-refractivity contribution in [2.75, 3.05) is 5.01 Å². The van der Waals surface area contributed by atoms with Gasteiger partial charge in [0.15, 0.2) is 0 Å². The van der Waals surface area contributed by atoms with E-state index in [4.69, 9.17) is 22.2 Å². The number of anilines is 1. The zero-order valence-electron chi connectivity index (χ0n) is 8.78. The highest BCUT2D eigenvalue weighted by Crippen LogP contribution is 2.26. The van der Waals surface area contributed by atoms with Crippen LogP contribution in [0.1, 0.15) is 20.8 Å². The number of nitrogens with two attached hydrogens (primary N) is 1. The average molecular weight is 249 g/mol. The number of hydrogen-bond acceptors (Lipinski definition) is 4. The van der Waals surface area contributed by atoms with E-state index in [0.717, 1.165) is 5.01 Å². The monoisotopic (exact) mass is 248 g/mol. The maximum Gasteiger partial charge on any atom is 0.429 e. The number of hydrogen-bond donors (Lipinski definition) is 1. The van der Waals surface area contributed by atoms with E-state index in [-0.39, 0.29) is 0 Å². The van der Waals surface area contributed by atoms with Crippen molar-refractivity contribution < 1.29 is 9.53 Å². The van der Waals surface area contributed by atoms with Crippen molar-refractivity contribution in [2.24, 2.45) is 5.84 Å². The first-order chi connectivity index (χ1) is 6.79. The second-order valence-corrected chi connectivity index (χ2v) is 5.50. The van der Waals surface area contributed by atoms with Gasteiger partial charge in [-0.1, -0.05) is 11.6 Å². The molecule has 0 radical (unpaired) electrons. The Morgan fingerprint density at radius 2 is 2.20 bits per heavy atom. The minimum absolute atomic E-state index is 0.527. The standard InChI is InChI=1S/C9H13ClN2O2S/c1-9(2,3)14-8(13)12(11)6-4-7(10)15-5-6/h4-5H,11H2,1-3H3. The predicted molar refractivity (Wildman–Crippen MR) is 62.2 cm³/mol. The quantitative estimate of drug-likeness (QED) is 0.472. The summed E-state index contributed by atoms with van der Waals surface area (Å²) >= 11 is 7.03. The van der Waals surface area contributed by atoms with Crippen molar-refractivity contribution in [3.05, 3.63) is 15.8 Å². The fourth-order valence-corrected chi connectivity index (χ4v) is 1.69. The van der Waals surface area contributed by atoms with Gasteiger partial charge in [-0.15, -0.1) is 11.3 Å². The van der Waals surface area contributed by atoms with E-state index in [2.05, 4.69) is 0 Å². The van der Waals surface area contributed by atoms with Gasteiger partial charge in [-0.2, -0.15) is 0 Å². The SMILES string of the molecule is CC(C)(C)OC(=O)N(N)c1csc(Cl)c1. The summed E-state index contributed by atoms with van der Waals surface area (Å²) in [5.74, 6) is 5.57.